The zero-order chi connectivity index (χ0) is 10.1. The minimum Gasteiger partial charge on any atom is -0.481 e. The van der Waals surface area contributed by atoms with Crippen LogP contribution in [0.15, 0.2) is 0 Å². The SMILES string of the molecule is CC1CC(CC(=O)O)CC(C)(C)C1. The molecule has 1 rings (SSSR count). The molecule has 1 aliphatic carbocycles. The highest BCUT2D eigenvalue weighted by Gasteiger charge is 2.32. The van der Waals surface area contributed by atoms with Crippen molar-refractivity contribution >= 4 is 5.97 Å². The predicted molar refractivity (Wildman–Crippen MR) is 52.5 cm³/mol. The Morgan fingerprint density at radius 1 is 1.46 bits per heavy atom. The van der Waals surface area contributed by atoms with Crippen LogP contribution in [0.2, 0.25) is 0 Å². The van der Waals surface area contributed by atoms with E-state index in [4.69, 9.17) is 5.11 Å². The van der Waals surface area contributed by atoms with Crippen molar-refractivity contribution in [1.82, 2.24) is 0 Å². The van der Waals surface area contributed by atoms with Gasteiger partial charge in [-0.2, -0.15) is 0 Å². The summed E-state index contributed by atoms with van der Waals surface area (Å²) in [6.07, 6.45) is 3.76. The van der Waals surface area contributed by atoms with E-state index in [2.05, 4.69) is 20.8 Å². The lowest BCUT2D eigenvalue weighted by Crippen LogP contribution is -2.28. The molecular formula is C11H20O2. The van der Waals surface area contributed by atoms with Gasteiger partial charge in [0.1, 0.15) is 0 Å². The van der Waals surface area contributed by atoms with E-state index >= 15 is 0 Å². The number of rotatable bonds is 2. The summed E-state index contributed by atoms with van der Waals surface area (Å²) in [5.41, 5.74) is 0.345. The van der Waals surface area contributed by atoms with E-state index in [9.17, 15) is 4.79 Å². The third-order valence-corrected chi connectivity index (χ3v) is 2.94. The molecule has 0 heterocycles. The molecule has 0 radical (unpaired) electrons. The minimum atomic E-state index is -0.644. The van der Waals surface area contributed by atoms with Crippen LogP contribution in [0.25, 0.3) is 0 Å². The molecule has 2 nitrogen and oxygen atoms in total. The smallest absolute Gasteiger partial charge is 0.303 e. The molecule has 0 bridgehead atoms. The van der Waals surface area contributed by atoms with E-state index in [1.807, 2.05) is 0 Å². The van der Waals surface area contributed by atoms with Gasteiger partial charge in [0, 0.05) is 6.42 Å². The Bertz CT molecular complexity index is 196. The Morgan fingerprint density at radius 2 is 2.08 bits per heavy atom. The first-order valence-electron chi connectivity index (χ1n) is 5.11. The van der Waals surface area contributed by atoms with Gasteiger partial charge in [-0.1, -0.05) is 20.8 Å². The molecule has 0 aromatic heterocycles. The molecule has 0 saturated heterocycles. The maximum absolute atomic E-state index is 10.6. The summed E-state index contributed by atoms with van der Waals surface area (Å²) in [6.45, 7) is 6.73. The van der Waals surface area contributed by atoms with Crippen molar-refractivity contribution in [3.63, 3.8) is 0 Å². The second-order valence-electron chi connectivity index (χ2n) is 5.38. The van der Waals surface area contributed by atoms with E-state index in [-0.39, 0.29) is 0 Å². The summed E-state index contributed by atoms with van der Waals surface area (Å²) in [7, 11) is 0. The van der Waals surface area contributed by atoms with Crippen LogP contribution in [0.5, 0.6) is 0 Å². The average molecular weight is 184 g/mol. The zero-order valence-electron chi connectivity index (χ0n) is 8.84. The van der Waals surface area contributed by atoms with Crippen molar-refractivity contribution < 1.29 is 9.90 Å². The van der Waals surface area contributed by atoms with E-state index in [1.165, 1.54) is 6.42 Å². The molecule has 1 fully saturated rings. The van der Waals surface area contributed by atoms with Crippen LogP contribution in [0.3, 0.4) is 0 Å². The third-order valence-electron chi connectivity index (χ3n) is 2.94. The number of aliphatic carboxylic acids is 1. The van der Waals surface area contributed by atoms with Crippen molar-refractivity contribution in [3.05, 3.63) is 0 Å². The summed E-state index contributed by atoms with van der Waals surface area (Å²) in [6, 6.07) is 0. The Morgan fingerprint density at radius 3 is 2.54 bits per heavy atom. The molecule has 0 aromatic carbocycles. The van der Waals surface area contributed by atoms with Gasteiger partial charge in [0.25, 0.3) is 0 Å². The maximum atomic E-state index is 10.6. The van der Waals surface area contributed by atoms with Gasteiger partial charge in [0.05, 0.1) is 0 Å². The van der Waals surface area contributed by atoms with Crippen molar-refractivity contribution in [2.45, 2.75) is 46.5 Å². The highest BCUT2D eigenvalue weighted by atomic mass is 16.4. The van der Waals surface area contributed by atoms with Crippen molar-refractivity contribution in [2.75, 3.05) is 0 Å². The monoisotopic (exact) mass is 184 g/mol. The molecule has 0 amide bonds. The largest absolute Gasteiger partial charge is 0.481 e. The third kappa shape index (κ3) is 3.37. The van der Waals surface area contributed by atoms with E-state index < -0.39 is 5.97 Å². The fraction of sp³-hybridized carbons (Fsp3) is 0.909. The molecule has 2 unspecified atom stereocenters. The lowest BCUT2D eigenvalue weighted by molar-refractivity contribution is -0.138. The highest BCUT2D eigenvalue weighted by Crippen LogP contribution is 2.42. The Kier molecular flexibility index (Phi) is 2.99. The fourth-order valence-electron chi connectivity index (χ4n) is 2.95. The van der Waals surface area contributed by atoms with Crippen molar-refractivity contribution in [1.29, 1.82) is 0 Å². The molecule has 76 valence electrons. The molecule has 0 aromatic rings. The van der Waals surface area contributed by atoms with Crippen LogP contribution in [0.1, 0.15) is 46.5 Å². The Labute approximate surface area is 80.3 Å². The first kappa shape index (κ1) is 10.6. The maximum Gasteiger partial charge on any atom is 0.303 e. The average Bonchev–Trinajstić information content (AvgIpc) is 1.78. The molecule has 0 spiro atoms. The van der Waals surface area contributed by atoms with Crippen LogP contribution >= 0.6 is 0 Å². The topological polar surface area (TPSA) is 37.3 Å². The Hall–Kier alpha value is -0.530. The summed E-state index contributed by atoms with van der Waals surface area (Å²) < 4.78 is 0. The number of hydrogen-bond acceptors (Lipinski definition) is 1. The molecular weight excluding hydrogens is 164 g/mol. The van der Waals surface area contributed by atoms with E-state index in [0.29, 0.717) is 23.7 Å². The molecule has 1 saturated carbocycles. The molecule has 1 aliphatic rings. The van der Waals surface area contributed by atoms with Gasteiger partial charge in [-0.3, -0.25) is 4.79 Å². The van der Waals surface area contributed by atoms with Crippen LogP contribution < -0.4 is 0 Å². The van der Waals surface area contributed by atoms with Crippen molar-refractivity contribution in [2.24, 2.45) is 17.3 Å². The summed E-state index contributed by atoms with van der Waals surface area (Å²) in [5, 5.41) is 8.72. The minimum absolute atomic E-state index is 0.345. The van der Waals surface area contributed by atoms with Gasteiger partial charge in [0.2, 0.25) is 0 Å². The van der Waals surface area contributed by atoms with Gasteiger partial charge in [-0.05, 0) is 36.5 Å². The molecule has 1 N–H and O–H groups in total. The second-order valence-corrected chi connectivity index (χ2v) is 5.38. The standard InChI is InChI=1S/C11H20O2/c1-8-4-9(5-10(12)13)7-11(2,3)6-8/h8-9H,4-7H2,1-3H3,(H,12,13). The van der Waals surface area contributed by atoms with Gasteiger partial charge in [0.15, 0.2) is 0 Å². The molecule has 13 heavy (non-hydrogen) atoms. The van der Waals surface area contributed by atoms with Crippen LogP contribution in [0, 0.1) is 17.3 Å². The highest BCUT2D eigenvalue weighted by molar-refractivity contribution is 5.67. The van der Waals surface area contributed by atoms with Crippen LogP contribution in [-0.2, 0) is 4.79 Å². The lowest BCUT2D eigenvalue weighted by atomic mass is 9.67. The zero-order valence-corrected chi connectivity index (χ0v) is 8.84. The normalized spacial score (nSPS) is 32.8. The van der Waals surface area contributed by atoms with Crippen molar-refractivity contribution in [3.8, 4) is 0 Å². The number of carbonyl (C=O) groups is 1. The van der Waals surface area contributed by atoms with Gasteiger partial charge >= 0.3 is 5.97 Å². The molecule has 2 heteroatoms. The number of carboxylic acid groups (broad SMARTS) is 1. The van der Waals surface area contributed by atoms with Crippen LogP contribution in [-0.4, -0.2) is 11.1 Å². The predicted octanol–water partition coefficient (Wildman–Crippen LogP) is 2.92. The van der Waals surface area contributed by atoms with Gasteiger partial charge in [-0.25, -0.2) is 0 Å². The quantitative estimate of drug-likeness (QED) is 0.716. The van der Waals surface area contributed by atoms with Gasteiger partial charge in [-0.15, -0.1) is 0 Å². The molecule has 2 atom stereocenters. The number of hydrogen-bond donors (Lipinski definition) is 1. The first-order valence-corrected chi connectivity index (χ1v) is 5.11. The fourth-order valence-corrected chi connectivity index (χ4v) is 2.95. The van der Waals surface area contributed by atoms with Crippen LogP contribution in [0.4, 0.5) is 0 Å². The molecule has 0 aliphatic heterocycles. The number of carboxylic acids is 1. The summed E-state index contributed by atoms with van der Waals surface area (Å²) in [5.74, 6) is 0.444. The summed E-state index contributed by atoms with van der Waals surface area (Å²) in [4.78, 5) is 10.6. The summed E-state index contributed by atoms with van der Waals surface area (Å²) >= 11 is 0. The first-order chi connectivity index (χ1) is 5.89. The Balaban J connectivity index is 2.52. The van der Waals surface area contributed by atoms with E-state index in [1.54, 1.807) is 0 Å². The lowest BCUT2D eigenvalue weighted by Gasteiger charge is -2.38. The van der Waals surface area contributed by atoms with E-state index in [0.717, 1.165) is 12.8 Å². The second kappa shape index (κ2) is 3.69. The van der Waals surface area contributed by atoms with Gasteiger partial charge < -0.3 is 5.11 Å².